The number of rotatable bonds is 4. The summed E-state index contributed by atoms with van der Waals surface area (Å²) >= 11 is 0. The summed E-state index contributed by atoms with van der Waals surface area (Å²) in [5.41, 5.74) is 5.91. The standard InChI is InChI=1S/C13H19N3O3/c1-18-11-8-15-5-2-10(11)12(17)16-13(9-14)3-6-19-7-4-13/h2,5,8H,3-4,6-7,9,14H2,1H3,(H,16,17). The van der Waals surface area contributed by atoms with Crippen LogP contribution in [0, 0.1) is 0 Å². The number of amides is 1. The molecule has 0 bridgehead atoms. The Morgan fingerprint density at radius 2 is 2.32 bits per heavy atom. The number of aromatic nitrogens is 1. The summed E-state index contributed by atoms with van der Waals surface area (Å²) in [6.45, 7) is 1.63. The van der Waals surface area contributed by atoms with Gasteiger partial charge < -0.3 is 20.5 Å². The first-order chi connectivity index (χ1) is 9.21. The van der Waals surface area contributed by atoms with Gasteiger partial charge in [-0.25, -0.2) is 0 Å². The quantitative estimate of drug-likeness (QED) is 0.819. The molecule has 1 fully saturated rings. The number of nitrogens with zero attached hydrogens (tertiary/aromatic N) is 1. The maximum atomic E-state index is 12.3. The molecular weight excluding hydrogens is 246 g/mol. The van der Waals surface area contributed by atoms with E-state index in [1.165, 1.54) is 13.3 Å². The van der Waals surface area contributed by atoms with Crippen molar-refractivity contribution in [2.24, 2.45) is 5.73 Å². The van der Waals surface area contributed by atoms with Crippen molar-refractivity contribution in [3.8, 4) is 5.75 Å². The maximum absolute atomic E-state index is 12.3. The minimum Gasteiger partial charge on any atom is -0.494 e. The average molecular weight is 265 g/mol. The van der Waals surface area contributed by atoms with Crippen LogP contribution >= 0.6 is 0 Å². The van der Waals surface area contributed by atoms with E-state index in [1.54, 1.807) is 12.3 Å². The van der Waals surface area contributed by atoms with Gasteiger partial charge in [0.05, 0.1) is 24.4 Å². The SMILES string of the molecule is COc1cnccc1C(=O)NC1(CN)CCOCC1. The summed E-state index contributed by atoms with van der Waals surface area (Å²) in [6.07, 6.45) is 4.54. The number of carbonyl (C=O) groups is 1. The van der Waals surface area contributed by atoms with Crippen molar-refractivity contribution in [2.45, 2.75) is 18.4 Å². The smallest absolute Gasteiger partial charge is 0.255 e. The molecule has 1 aromatic heterocycles. The highest BCUT2D eigenvalue weighted by Gasteiger charge is 2.33. The van der Waals surface area contributed by atoms with Crippen LogP contribution in [0.1, 0.15) is 23.2 Å². The van der Waals surface area contributed by atoms with Crippen LogP contribution in [-0.2, 0) is 4.74 Å². The van der Waals surface area contributed by atoms with E-state index < -0.39 is 0 Å². The van der Waals surface area contributed by atoms with Gasteiger partial charge in [-0.1, -0.05) is 0 Å². The maximum Gasteiger partial charge on any atom is 0.255 e. The third-order valence-corrected chi connectivity index (χ3v) is 3.47. The van der Waals surface area contributed by atoms with Gasteiger partial charge >= 0.3 is 0 Å². The lowest BCUT2D eigenvalue weighted by Gasteiger charge is -2.37. The molecule has 19 heavy (non-hydrogen) atoms. The van der Waals surface area contributed by atoms with Crippen LogP contribution in [0.2, 0.25) is 0 Å². The predicted octanol–water partition coefficient (Wildman–Crippen LogP) is 0.328. The molecule has 1 amide bonds. The van der Waals surface area contributed by atoms with Crippen LogP contribution in [0.5, 0.6) is 5.75 Å². The van der Waals surface area contributed by atoms with Crippen LogP contribution in [0.3, 0.4) is 0 Å². The molecule has 104 valence electrons. The van der Waals surface area contributed by atoms with Crippen molar-refractivity contribution in [3.05, 3.63) is 24.0 Å². The molecule has 1 aliphatic rings. The minimum absolute atomic E-state index is 0.188. The van der Waals surface area contributed by atoms with Crippen molar-refractivity contribution in [2.75, 3.05) is 26.9 Å². The lowest BCUT2D eigenvalue weighted by atomic mass is 9.89. The molecule has 0 aliphatic carbocycles. The van der Waals surface area contributed by atoms with Crippen molar-refractivity contribution in [3.63, 3.8) is 0 Å². The fourth-order valence-electron chi connectivity index (χ4n) is 2.18. The molecule has 0 unspecified atom stereocenters. The predicted molar refractivity (Wildman–Crippen MR) is 70.1 cm³/mol. The summed E-state index contributed by atoms with van der Waals surface area (Å²) in [4.78, 5) is 16.3. The van der Waals surface area contributed by atoms with Crippen molar-refractivity contribution in [1.82, 2.24) is 10.3 Å². The van der Waals surface area contributed by atoms with E-state index in [-0.39, 0.29) is 11.4 Å². The van der Waals surface area contributed by atoms with Gasteiger partial charge in [-0.2, -0.15) is 0 Å². The Morgan fingerprint density at radius 1 is 1.58 bits per heavy atom. The van der Waals surface area contributed by atoms with Crippen LogP contribution in [0.4, 0.5) is 0 Å². The Balaban J connectivity index is 2.15. The summed E-state index contributed by atoms with van der Waals surface area (Å²) in [7, 11) is 1.51. The summed E-state index contributed by atoms with van der Waals surface area (Å²) < 4.78 is 10.5. The van der Waals surface area contributed by atoms with Crippen LogP contribution in [-0.4, -0.2) is 43.3 Å². The number of hydrogen-bond acceptors (Lipinski definition) is 5. The monoisotopic (exact) mass is 265 g/mol. The van der Waals surface area contributed by atoms with Crippen molar-refractivity contribution < 1.29 is 14.3 Å². The molecule has 3 N–H and O–H groups in total. The molecule has 0 spiro atoms. The van der Waals surface area contributed by atoms with E-state index in [2.05, 4.69) is 10.3 Å². The number of nitrogens with one attached hydrogen (secondary N) is 1. The summed E-state index contributed by atoms with van der Waals surface area (Å²) in [6, 6.07) is 1.64. The number of ether oxygens (including phenoxy) is 2. The molecule has 0 saturated carbocycles. The topological polar surface area (TPSA) is 86.5 Å². The van der Waals surface area contributed by atoms with Crippen molar-refractivity contribution >= 4 is 5.91 Å². The molecule has 0 aromatic carbocycles. The van der Waals surface area contributed by atoms with Crippen LogP contribution in [0.15, 0.2) is 18.5 Å². The van der Waals surface area contributed by atoms with Gasteiger partial charge in [0, 0.05) is 26.0 Å². The molecule has 2 heterocycles. The summed E-state index contributed by atoms with van der Waals surface area (Å²) in [5.74, 6) is 0.269. The number of pyridine rings is 1. The number of hydrogen-bond donors (Lipinski definition) is 2. The fourth-order valence-corrected chi connectivity index (χ4v) is 2.18. The van der Waals surface area contributed by atoms with Crippen LogP contribution in [0.25, 0.3) is 0 Å². The molecule has 2 rings (SSSR count). The molecule has 6 nitrogen and oxygen atoms in total. The molecule has 6 heteroatoms. The highest BCUT2D eigenvalue weighted by molar-refractivity contribution is 5.97. The van der Waals surface area contributed by atoms with Gasteiger partial charge in [-0.3, -0.25) is 9.78 Å². The van der Waals surface area contributed by atoms with E-state index in [0.717, 1.165) is 12.8 Å². The molecule has 1 aliphatic heterocycles. The first-order valence-corrected chi connectivity index (χ1v) is 6.29. The zero-order chi connectivity index (χ0) is 13.7. The van der Waals surface area contributed by atoms with Gasteiger partial charge in [0.1, 0.15) is 5.75 Å². The van der Waals surface area contributed by atoms with Gasteiger partial charge in [0.15, 0.2) is 0 Å². The Labute approximate surface area is 112 Å². The third kappa shape index (κ3) is 3.02. The first-order valence-electron chi connectivity index (χ1n) is 6.29. The Morgan fingerprint density at radius 3 is 2.95 bits per heavy atom. The zero-order valence-corrected chi connectivity index (χ0v) is 11.0. The Kier molecular flexibility index (Phi) is 4.34. The normalized spacial score (nSPS) is 17.8. The molecule has 0 radical (unpaired) electrons. The minimum atomic E-state index is -0.385. The van der Waals surface area contributed by atoms with E-state index in [1.807, 2.05) is 0 Å². The molecule has 1 aromatic rings. The highest BCUT2D eigenvalue weighted by atomic mass is 16.5. The van der Waals surface area contributed by atoms with Gasteiger partial charge in [0.25, 0.3) is 5.91 Å². The first kappa shape index (κ1) is 13.8. The Bertz CT molecular complexity index is 445. The van der Waals surface area contributed by atoms with Gasteiger partial charge in [0.2, 0.25) is 0 Å². The molecular formula is C13H19N3O3. The molecule has 0 atom stereocenters. The second kappa shape index (κ2) is 5.99. The van der Waals surface area contributed by atoms with Crippen molar-refractivity contribution in [1.29, 1.82) is 0 Å². The number of nitrogens with two attached hydrogens (primary N) is 1. The van der Waals surface area contributed by atoms with E-state index in [4.69, 9.17) is 15.2 Å². The second-order valence-electron chi connectivity index (χ2n) is 4.63. The summed E-state index contributed by atoms with van der Waals surface area (Å²) in [5, 5.41) is 3.02. The molecule has 1 saturated heterocycles. The van der Waals surface area contributed by atoms with E-state index in [9.17, 15) is 4.79 Å². The Hall–Kier alpha value is -1.66. The third-order valence-electron chi connectivity index (χ3n) is 3.47. The van der Waals surface area contributed by atoms with Gasteiger partial charge in [-0.05, 0) is 18.9 Å². The van der Waals surface area contributed by atoms with Gasteiger partial charge in [-0.15, -0.1) is 0 Å². The average Bonchev–Trinajstić information content (AvgIpc) is 2.48. The largest absolute Gasteiger partial charge is 0.494 e. The lowest BCUT2D eigenvalue weighted by Crippen LogP contribution is -2.56. The number of carbonyl (C=O) groups excluding carboxylic acids is 1. The van der Waals surface area contributed by atoms with E-state index in [0.29, 0.717) is 31.1 Å². The fraction of sp³-hybridized carbons (Fsp3) is 0.538. The zero-order valence-electron chi connectivity index (χ0n) is 11.0. The van der Waals surface area contributed by atoms with Crippen LogP contribution < -0.4 is 15.8 Å². The second-order valence-corrected chi connectivity index (χ2v) is 4.63. The number of methoxy groups -OCH3 is 1. The highest BCUT2D eigenvalue weighted by Crippen LogP contribution is 2.22. The lowest BCUT2D eigenvalue weighted by molar-refractivity contribution is 0.0388. The van der Waals surface area contributed by atoms with E-state index >= 15 is 0 Å².